The molecule has 0 spiro atoms. The Morgan fingerprint density at radius 2 is 1.96 bits per heavy atom. The fraction of sp³-hybridized carbons (Fsp3) is 0.222. The summed E-state index contributed by atoms with van der Waals surface area (Å²) in [5.41, 5.74) is -0.949. The molecule has 2 atom stereocenters. The van der Waals surface area contributed by atoms with Gasteiger partial charge in [-0.2, -0.15) is 23.2 Å². The molecule has 25 heavy (non-hydrogen) atoms. The van der Waals surface area contributed by atoms with E-state index in [9.17, 15) is 18.9 Å². The number of hydrogen-bond acceptors (Lipinski definition) is 5. The van der Waals surface area contributed by atoms with Crippen molar-refractivity contribution < 1.29 is 12.6 Å². The Hall–Kier alpha value is -2.87. The van der Waals surface area contributed by atoms with Crippen LogP contribution in [0.15, 0.2) is 49.1 Å². The molecule has 6 nitrogen and oxygen atoms in total. The minimum atomic E-state index is -4.13. The van der Waals surface area contributed by atoms with Gasteiger partial charge in [0.15, 0.2) is 5.41 Å². The molecular formula is C18H13N3O3S. The lowest BCUT2D eigenvalue weighted by Crippen LogP contribution is -2.44. The molecule has 2 aromatic carbocycles. The maximum absolute atomic E-state index is 12.7. The third kappa shape index (κ3) is 1.94. The smallest absolute Gasteiger partial charge is 0.370 e. The van der Waals surface area contributed by atoms with Gasteiger partial charge in [-0.1, -0.05) is 36.4 Å². The predicted molar refractivity (Wildman–Crippen MR) is 90.3 cm³/mol. The molecule has 0 radical (unpaired) electrons. The normalized spacial score (nSPS) is 25.8. The van der Waals surface area contributed by atoms with E-state index in [1.165, 1.54) is 6.08 Å². The first-order chi connectivity index (χ1) is 12.0. The molecule has 0 saturated carbocycles. The van der Waals surface area contributed by atoms with Gasteiger partial charge in [0.2, 0.25) is 0 Å². The second-order valence-corrected chi connectivity index (χ2v) is 7.62. The number of rotatable bonds is 1. The molecule has 124 valence electrons. The van der Waals surface area contributed by atoms with Crippen molar-refractivity contribution in [2.24, 2.45) is 5.41 Å². The van der Waals surface area contributed by atoms with E-state index in [0.29, 0.717) is 5.56 Å². The summed E-state index contributed by atoms with van der Waals surface area (Å²) >= 11 is 0. The third-order valence-electron chi connectivity index (χ3n) is 4.91. The lowest BCUT2D eigenvalue weighted by atomic mass is 9.78. The number of hydrogen-bond donors (Lipinski definition) is 0. The van der Waals surface area contributed by atoms with E-state index in [4.69, 9.17) is 4.18 Å². The monoisotopic (exact) mass is 351 g/mol. The van der Waals surface area contributed by atoms with E-state index in [1.807, 2.05) is 24.3 Å². The van der Waals surface area contributed by atoms with E-state index in [0.717, 1.165) is 15.1 Å². The zero-order chi connectivity index (χ0) is 17.8. The largest absolute Gasteiger partial charge is 0.386 e. The fourth-order valence-electron chi connectivity index (χ4n) is 3.82. The van der Waals surface area contributed by atoms with Gasteiger partial charge in [0.25, 0.3) is 0 Å². The molecule has 2 heterocycles. The lowest BCUT2D eigenvalue weighted by molar-refractivity contribution is 0.265. The SMILES string of the molecule is C=C[C@H]1CC(C#N)(C#N)[C@@H]2c3c(ccc4ccccc34)OS(=O)(=O)N21. The highest BCUT2D eigenvalue weighted by Gasteiger charge is 2.61. The summed E-state index contributed by atoms with van der Waals surface area (Å²) < 4.78 is 31.8. The molecule has 1 saturated heterocycles. The van der Waals surface area contributed by atoms with Gasteiger partial charge in [-0.3, -0.25) is 0 Å². The summed E-state index contributed by atoms with van der Waals surface area (Å²) in [6.07, 6.45) is 1.50. The first kappa shape index (κ1) is 15.6. The topological polar surface area (TPSA) is 94.2 Å². The van der Waals surface area contributed by atoms with Crippen LogP contribution in [0.4, 0.5) is 0 Å². The van der Waals surface area contributed by atoms with Crippen molar-refractivity contribution in [2.75, 3.05) is 0 Å². The number of benzene rings is 2. The highest BCUT2D eigenvalue weighted by Crippen LogP contribution is 2.57. The summed E-state index contributed by atoms with van der Waals surface area (Å²) in [5.74, 6) is 0.166. The highest BCUT2D eigenvalue weighted by atomic mass is 32.2. The average Bonchev–Trinajstić information content (AvgIpc) is 2.97. The van der Waals surface area contributed by atoms with Gasteiger partial charge in [0.05, 0.1) is 18.2 Å². The Morgan fingerprint density at radius 3 is 2.64 bits per heavy atom. The number of fused-ring (bicyclic) bond motifs is 5. The summed E-state index contributed by atoms with van der Waals surface area (Å²) in [6, 6.07) is 13.3. The van der Waals surface area contributed by atoms with Crippen LogP contribution in [0.25, 0.3) is 10.8 Å². The van der Waals surface area contributed by atoms with Gasteiger partial charge in [-0.25, -0.2) is 0 Å². The fourth-order valence-corrected chi connectivity index (χ4v) is 5.32. The van der Waals surface area contributed by atoms with Gasteiger partial charge < -0.3 is 4.18 Å². The highest BCUT2D eigenvalue weighted by molar-refractivity contribution is 7.84. The summed E-state index contributed by atoms with van der Waals surface area (Å²) in [5, 5.41) is 21.2. The number of nitrogens with zero attached hydrogens (tertiary/aromatic N) is 3. The van der Waals surface area contributed by atoms with Crippen LogP contribution in [0.2, 0.25) is 0 Å². The maximum Gasteiger partial charge on any atom is 0.386 e. The molecule has 0 amide bonds. The molecule has 2 aliphatic rings. The summed E-state index contributed by atoms with van der Waals surface area (Å²) in [4.78, 5) is 0. The second-order valence-electron chi connectivity index (χ2n) is 6.17. The van der Waals surface area contributed by atoms with Crippen LogP contribution >= 0.6 is 0 Å². The van der Waals surface area contributed by atoms with Crippen molar-refractivity contribution >= 4 is 21.1 Å². The Morgan fingerprint density at radius 1 is 1.24 bits per heavy atom. The molecule has 4 rings (SSSR count). The average molecular weight is 351 g/mol. The molecule has 2 aromatic rings. The molecule has 0 aromatic heterocycles. The summed E-state index contributed by atoms with van der Waals surface area (Å²) in [7, 11) is -4.13. The van der Waals surface area contributed by atoms with Crippen molar-refractivity contribution in [3.63, 3.8) is 0 Å². The Balaban J connectivity index is 2.13. The first-order valence-electron chi connectivity index (χ1n) is 7.67. The molecule has 0 unspecified atom stereocenters. The van der Waals surface area contributed by atoms with Crippen LogP contribution < -0.4 is 4.18 Å². The van der Waals surface area contributed by atoms with Gasteiger partial charge in [-0.05, 0) is 16.8 Å². The zero-order valence-electron chi connectivity index (χ0n) is 13.1. The van der Waals surface area contributed by atoms with Crippen molar-refractivity contribution in [2.45, 2.75) is 18.5 Å². The molecule has 0 aliphatic carbocycles. The van der Waals surface area contributed by atoms with Crippen LogP contribution in [0, 0.1) is 28.1 Å². The van der Waals surface area contributed by atoms with Gasteiger partial charge in [0, 0.05) is 18.0 Å². The van der Waals surface area contributed by atoms with E-state index in [-0.39, 0.29) is 12.2 Å². The van der Waals surface area contributed by atoms with Crippen molar-refractivity contribution in [3.8, 4) is 17.9 Å². The second kappa shape index (κ2) is 5.06. The molecule has 2 aliphatic heterocycles. The lowest BCUT2D eigenvalue weighted by Gasteiger charge is -2.35. The standard InChI is InChI=1S/C18H13N3O3S/c1-2-13-9-18(10-19,11-20)17-16-14-6-4-3-5-12(14)7-8-15(16)24-25(22,23)21(13)17/h2-8,13,17H,1,9H2/t13-,17-/m0/s1. The van der Waals surface area contributed by atoms with Crippen molar-refractivity contribution in [1.82, 2.24) is 4.31 Å². The molecule has 0 N–H and O–H groups in total. The minimum absolute atomic E-state index is 0.0550. The van der Waals surface area contributed by atoms with Crippen molar-refractivity contribution in [3.05, 3.63) is 54.6 Å². The van der Waals surface area contributed by atoms with Crippen molar-refractivity contribution in [1.29, 1.82) is 10.5 Å². The van der Waals surface area contributed by atoms with Crippen LogP contribution in [-0.4, -0.2) is 18.8 Å². The maximum atomic E-state index is 12.7. The molecule has 1 fully saturated rings. The zero-order valence-corrected chi connectivity index (χ0v) is 13.9. The quantitative estimate of drug-likeness (QED) is 0.736. The van der Waals surface area contributed by atoms with E-state index in [2.05, 4.69) is 18.7 Å². The van der Waals surface area contributed by atoms with Crippen LogP contribution in [0.3, 0.4) is 0 Å². The number of nitriles is 2. The molecule has 0 bridgehead atoms. The van der Waals surface area contributed by atoms with E-state index >= 15 is 0 Å². The molecular weight excluding hydrogens is 338 g/mol. The first-order valence-corrected chi connectivity index (χ1v) is 9.03. The third-order valence-corrected chi connectivity index (χ3v) is 6.30. The Labute approximate surface area is 145 Å². The van der Waals surface area contributed by atoms with Crippen LogP contribution in [0.1, 0.15) is 18.0 Å². The van der Waals surface area contributed by atoms with Crippen LogP contribution in [-0.2, 0) is 10.3 Å². The van der Waals surface area contributed by atoms with E-state index < -0.39 is 27.8 Å². The summed E-state index contributed by atoms with van der Waals surface area (Å²) in [6.45, 7) is 3.67. The van der Waals surface area contributed by atoms with E-state index in [1.54, 1.807) is 12.1 Å². The van der Waals surface area contributed by atoms with Crippen LogP contribution in [0.5, 0.6) is 5.75 Å². The predicted octanol–water partition coefficient (Wildman–Crippen LogP) is 2.81. The molecule has 7 heteroatoms. The Bertz CT molecular complexity index is 1080. The van der Waals surface area contributed by atoms with Gasteiger partial charge >= 0.3 is 10.3 Å². The van der Waals surface area contributed by atoms with Gasteiger partial charge in [0.1, 0.15) is 5.75 Å². The van der Waals surface area contributed by atoms with Gasteiger partial charge in [-0.15, -0.1) is 6.58 Å². The minimum Gasteiger partial charge on any atom is -0.370 e. The Kier molecular flexibility index (Phi) is 3.17.